The lowest BCUT2D eigenvalue weighted by atomic mass is 10.1. The Balaban J connectivity index is 1.35. The van der Waals surface area contributed by atoms with Crippen molar-refractivity contribution in [1.82, 2.24) is 15.1 Å². The van der Waals surface area contributed by atoms with Crippen LogP contribution in [0.5, 0.6) is 5.75 Å². The Hall–Kier alpha value is -2.37. The van der Waals surface area contributed by atoms with Crippen molar-refractivity contribution in [3.05, 3.63) is 64.7 Å². The van der Waals surface area contributed by atoms with Crippen molar-refractivity contribution in [2.24, 2.45) is 0 Å². The molecule has 5 heteroatoms. The second-order valence-corrected chi connectivity index (χ2v) is 8.17. The summed E-state index contributed by atoms with van der Waals surface area (Å²) in [4.78, 5) is 17.1. The zero-order valence-corrected chi connectivity index (χ0v) is 18.6. The number of hydrogen-bond donors (Lipinski definition) is 1. The second kappa shape index (κ2) is 11.1. The molecule has 0 spiro atoms. The fourth-order valence-corrected chi connectivity index (χ4v) is 3.79. The summed E-state index contributed by atoms with van der Waals surface area (Å²) in [6, 6.07) is 14.7. The minimum absolute atomic E-state index is 0.0117. The van der Waals surface area contributed by atoms with Crippen LogP contribution in [0.4, 0.5) is 0 Å². The molecule has 3 rings (SSSR count). The predicted octanol–water partition coefficient (Wildman–Crippen LogP) is 3.53. The van der Waals surface area contributed by atoms with Crippen LogP contribution in [0.15, 0.2) is 42.5 Å². The molecule has 0 saturated carbocycles. The Morgan fingerprint density at radius 3 is 2.30 bits per heavy atom. The molecule has 0 aromatic heterocycles. The highest BCUT2D eigenvalue weighted by atomic mass is 16.5. The van der Waals surface area contributed by atoms with Gasteiger partial charge < -0.3 is 15.0 Å². The van der Waals surface area contributed by atoms with Gasteiger partial charge in [0.25, 0.3) is 0 Å². The molecule has 1 N–H and O–H groups in total. The van der Waals surface area contributed by atoms with Crippen molar-refractivity contribution in [2.75, 3.05) is 39.3 Å². The summed E-state index contributed by atoms with van der Waals surface area (Å²) in [6.45, 7) is 14.0. The van der Waals surface area contributed by atoms with Gasteiger partial charge in [0.1, 0.15) is 5.75 Å². The smallest absolute Gasteiger partial charge is 0.223 e. The number of piperazine rings is 1. The summed E-state index contributed by atoms with van der Waals surface area (Å²) in [6.07, 6.45) is 0.356. The van der Waals surface area contributed by atoms with E-state index in [0.717, 1.165) is 56.1 Å². The molecule has 1 fully saturated rings. The Bertz CT molecular complexity index is 812. The third-order valence-corrected chi connectivity index (χ3v) is 5.75. The van der Waals surface area contributed by atoms with Crippen LogP contribution >= 0.6 is 0 Å². The first-order valence-corrected chi connectivity index (χ1v) is 11.0. The number of ether oxygens (including phenoxy) is 1. The van der Waals surface area contributed by atoms with Crippen molar-refractivity contribution in [3.8, 4) is 5.75 Å². The number of aryl methyl sites for hydroxylation is 2. The normalized spacial score (nSPS) is 15.2. The summed E-state index contributed by atoms with van der Waals surface area (Å²) < 4.78 is 5.75. The van der Waals surface area contributed by atoms with Gasteiger partial charge in [-0.2, -0.15) is 0 Å². The molecule has 0 atom stereocenters. The summed E-state index contributed by atoms with van der Waals surface area (Å²) in [5, 5.41) is 2.99. The van der Waals surface area contributed by atoms with E-state index in [1.54, 1.807) is 0 Å². The van der Waals surface area contributed by atoms with Crippen LogP contribution in [-0.4, -0.2) is 55.0 Å². The standard InChI is InChI=1S/C25H35N3O2/c1-4-27-12-14-28(15-13-27)19-23-8-6-22(7-9-23)18-26-25(29)11-16-30-24-10-5-20(2)17-21(24)3/h5-10,17H,4,11-16,18-19H2,1-3H3,(H,26,29). The Morgan fingerprint density at radius 1 is 0.967 bits per heavy atom. The Labute approximate surface area is 181 Å². The molecule has 0 aliphatic carbocycles. The number of carbonyl (C=O) groups excluding carboxylic acids is 1. The first kappa shape index (κ1) is 22.3. The van der Waals surface area contributed by atoms with Gasteiger partial charge in [-0.05, 0) is 43.1 Å². The van der Waals surface area contributed by atoms with E-state index in [0.29, 0.717) is 19.6 Å². The molecular weight excluding hydrogens is 374 g/mol. The van der Waals surface area contributed by atoms with Crippen LogP contribution in [0.2, 0.25) is 0 Å². The number of amides is 1. The number of nitrogens with one attached hydrogen (secondary N) is 1. The maximum Gasteiger partial charge on any atom is 0.223 e. The second-order valence-electron chi connectivity index (χ2n) is 8.17. The van der Waals surface area contributed by atoms with Gasteiger partial charge in [0.15, 0.2) is 0 Å². The van der Waals surface area contributed by atoms with Gasteiger partial charge in [0.2, 0.25) is 5.91 Å². The number of hydrogen-bond acceptors (Lipinski definition) is 4. The molecule has 30 heavy (non-hydrogen) atoms. The highest BCUT2D eigenvalue weighted by Gasteiger charge is 2.15. The maximum atomic E-state index is 12.1. The SMILES string of the molecule is CCN1CCN(Cc2ccc(CNC(=O)CCOc3ccc(C)cc3C)cc2)CC1. The van der Waals surface area contributed by atoms with Gasteiger partial charge in [-0.15, -0.1) is 0 Å². The number of rotatable bonds is 9. The lowest BCUT2D eigenvalue weighted by Crippen LogP contribution is -2.45. The molecule has 2 aromatic carbocycles. The molecule has 0 unspecified atom stereocenters. The molecular formula is C25H35N3O2. The van der Waals surface area contributed by atoms with Gasteiger partial charge in [0.05, 0.1) is 13.0 Å². The van der Waals surface area contributed by atoms with E-state index in [9.17, 15) is 4.79 Å². The zero-order chi connectivity index (χ0) is 21.3. The molecule has 2 aromatic rings. The lowest BCUT2D eigenvalue weighted by molar-refractivity contribution is -0.121. The van der Waals surface area contributed by atoms with E-state index < -0.39 is 0 Å². The average Bonchev–Trinajstić information content (AvgIpc) is 2.75. The average molecular weight is 410 g/mol. The van der Waals surface area contributed by atoms with Crippen molar-refractivity contribution in [1.29, 1.82) is 0 Å². The molecule has 1 amide bonds. The maximum absolute atomic E-state index is 12.1. The summed E-state index contributed by atoms with van der Waals surface area (Å²) in [7, 11) is 0. The monoisotopic (exact) mass is 409 g/mol. The Kier molecular flexibility index (Phi) is 8.29. The molecule has 1 aliphatic rings. The summed E-state index contributed by atoms with van der Waals surface area (Å²) >= 11 is 0. The fourth-order valence-electron chi connectivity index (χ4n) is 3.79. The van der Waals surface area contributed by atoms with Gasteiger partial charge >= 0.3 is 0 Å². The molecule has 1 heterocycles. The van der Waals surface area contributed by atoms with E-state index in [1.807, 2.05) is 19.1 Å². The number of nitrogens with zero attached hydrogens (tertiary/aromatic N) is 2. The summed E-state index contributed by atoms with van der Waals surface area (Å²) in [5.74, 6) is 0.859. The quantitative estimate of drug-likeness (QED) is 0.688. The van der Waals surface area contributed by atoms with E-state index in [-0.39, 0.29) is 5.91 Å². The van der Waals surface area contributed by atoms with Crippen molar-refractivity contribution in [3.63, 3.8) is 0 Å². The van der Waals surface area contributed by atoms with Crippen LogP contribution in [0.1, 0.15) is 35.6 Å². The third-order valence-electron chi connectivity index (χ3n) is 5.75. The minimum Gasteiger partial charge on any atom is -0.493 e. The molecule has 1 saturated heterocycles. The lowest BCUT2D eigenvalue weighted by Gasteiger charge is -2.34. The number of carbonyl (C=O) groups is 1. The molecule has 0 radical (unpaired) electrons. The predicted molar refractivity (Wildman–Crippen MR) is 122 cm³/mol. The molecule has 162 valence electrons. The third kappa shape index (κ3) is 6.85. The first-order chi connectivity index (χ1) is 14.5. The van der Waals surface area contributed by atoms with Crippen LogP contribution < -0.4 is 10.1 Å². The number of likely N-dealkylation sites (N-methyl/N-ethyl adjacent to an activating group) is 1. The van der Waals surface area contributed by atoms with Crippen molar-refractivity contribution in [2.45, 2.75) is 40.3 Å². The summed E-state index contributed by atoms with van der Waals surface area (Å²) in [5.41, 5.74) is 4.76. The van der Waals surface area contributed by atoms with Crippen LogP contribution in [-0.2, 0) is 17.9 Å². The molecule has 5 nitrogen and oxygen atoms in total. The van der Waals surface area contributed by atoms with Gasteiger partial charge in [-0.25, -0.2) is 0 Å². The first-order valence-electron chi connectivity index (χ1n) is 11.0. The molecule has 1 aliphatic heterocycles. The topological polar surface area (TPSA) is 44.8 Å². The largest absolute Gasteiger partial charge is 0.493 e. The van der Waals surface area contributed by atoms with E-state index in [4.69, 9.17) is 4.74 Å². The van der Waals surface area contributed by atoms with E-state index in [1.165, 1.54) is 11.1 Å². The van der Waals surface area contributed by atoms with Crippen molar-refractivity contribution < 1.29 is 9.53 Å². The van der Waals surface area contributed by atoms with Gasteiger partial charge in [0, 0.05) is 39.3 Å². The van der Waals surface area contributed by atoms with Crippen LogP contribution in [0.25, 0.3) is 0 Å². The fraction of sp³-hybridized carbons (Fsp3) is 0.480. The van der Waals surface area contributed by atoms with Gasteiger partial charge in [-0.3, -0.25) is 9.69 Å². The molecule has 0 bridgehead atoms. The van der Waals surface area contributed by atoms with Gasteiger partial charge in [-0.1, -0.05) is 48.9 Å². The highest BCUT2D eigenvalue weighted by Crippen LogP contribution is 2.18. The highest BCUT2D eigenvalue weighted by molar-refractivity contribution is 5.76. The zero-order valence-electron chi connectivity index (χ0n) is 18.6. The minimum atomic E-state index is 0.0117. The van der Waals surface area contributed by atoms with Crippen LogP contribution in [0.3, 0.4) is 0 Å². The number of benzene rings is 2. The van der Waals surface area contributed by atoms with E-state index >= 15 is 0 Å². The van der Waals surface area contributed by atoms with E-state index in [2.05, 4.69) is 59.3 Å². The van der Waals surface area contributed by atoms with Crippen LogP contribution in [0, 0.1) is 13.8 Å². The Morgan fingerprint density at radius 2 is 1.63 bits per heavy atom. The van der Waals surface area contributed by atoms with Crippen molar-refractivity contribution >= 4 is 5.91 Å².